The van der Waals surface area contributed by atoms with Gasteiger partial charge in [0.2, 0.25) is 5.91 Å². The van der Waals surface area contributed by atoms with Crippen LogP contribution in [0.4, 0.5) is 17.1 Å². The molecular formula is C28H24N4O4. The van der Waals surface area contributed by atoms with Crippen LogP contribution in [0.2, 0.25) is 0 Å². The van der Waals surface area contributed by atoms with Gasteiger partial charge in [0, 0.05) is 47.7 Å². The molecule has 36 heavy (non-hydrogen) atoms. The second-order valence-corrected chi connectivity index (χ2v) is 8.58. The van der Waals surface area contributed by atoms with E-state index in [-0.39, 0.29) is 17.5 Å². The second-order valence-electron chi connectivity index (χ2n) is 8.58. The first kappa shape index (κ1) is 23.0. The molecule has 2 aliphatic heterocycles. The van der Waals surface area contributed by atoms with E-state index >= 15 is 0 Å². The van der Waals surface area contributed by atoms with Crippen LogP contribution in [0.3, 0.4) is 0 Å². The van der Waals surface area contributed by atoms with Gasteiger partial charge >= 0.3 is 0 Å². The van der Waals surface area contributed by atoms with Crippen molar-refractivity contribution in [1.29, 1.82) is 0 Å². The van der Waals surface area contributed by atoms with Gasteiger partial charge in [0.25, 0.3) is 11.6 Å². The molecule has 3 aromatic carbocycles. The molecule has 0 spiro atoms. The lowest BCUT2D eigenvalue weighted by Gasteiger charge is -2.20. The summed E-state index contributed by atoms with van der Waals surface area (Å²) >= 11 is 0. The summed E-state index contributed by atoms with van der Waals surface area (Å²) in [5, 5.41) is 17.6. The first-order chi connectivity index (χ1) is 17.5. The summed E-state index contributed by atoms with van der Waals surface area (Å²) < 4.78 is 0. The fraction of sp³-hybridized carbons (Fsp3) is 0.143. The van der Waals surface area contributed by atoms with E-state index in [1.807, 2.05) is 72.5 Å². The number of likely N-dealkylation sites (tertiary alicyclic amines) is 1. The fourth-order valence-electron chi connectivity index (χ4n) is 4.65. The number of carbonyl (C=O) groups is 2. The highest BCUT2D eigenvalue weighted by Gasteiger charge is 2.30. The van der Waals surface area contributed by atoms with Gasteiger partial charge in [-0.1, -0.05) is 48.5 Å². The number of fused-ring (bicyclic) bond motifs is 1. The Morgan fingerprint density at radius 1 is 1.03 bits per heavy atom. The monoisotopic (exact) mass is 480 g/mol. The zero-order valence-electron chi connectivity index (χ0n) is 19.7. The number of nitrogens with zero attached hydrogens (tertiary/aromatic N) is 2. The summed E-state index contributed by atoms with van der Waals surface area (Å²) in [6, 6.07) is 21.4. The lowest BCUT2D eigenvalue weighted by Crippen LogP contribution is -2.22. The van der Waals surface area contributed by atoms with E-state index in [0.717, 1.165) is 28.9 Å². The van der Waals surface area contributed by atoms with Crippen molar-refractivity contribution in [1.82, 2.24) is 4.90 Å². The minimum atomic E-state index is -0.473. The Morgan fingerprint density at radius 3 is 2.42 bits per heavy atom. The minimum Gasteiger partial charge on any atom is -0.354 e. The largest absolute Gasteiger partial charge is 0.354 e. The van der Waals surface area contributed by atoms with Crippen molar-refractivity contribution in [3.63, 3.8) is 0 Å². The zero-order chi connectivity index (χ0) is 25.2. The van der Waals surface area contributed by atoms with Gasteiger partial charge in [-0.05, 0) is 42.7 Å². The van der Waals surface area contributed by atoms with Crippen molar-refractivity contribution >= 4 is 45.8 Å². The van der Waals surface area contributed by atoms with E-state index in [2.05, 4.69) is 10.6 Å². The molecule has 0 aromatic heterocycles. The van der Waals surface area contributed by atoms with Gasteiger partial charge in [-0.25, -0.2) is 0 Å². The number of nitro groups is 1. The first-order valence-corrected chi connectivity index (χ1v) is 11.7. The van der Waals surface area contributed by atoms with Crippen LogP contribution in [0.25, 0.3) is 17.0 Å². The van der Waals surface area contributed by atoms with Crippen LogP contribution >= 0.6 is 0 Å². The Labute approximate surface area is 208 Å². The van der Waals surface area contributed by atoms with E-state index in [1.165, 1.54) is 12.1 Å². The molecule has 0 aliphatic carbocycles. The molecule has 3 aromatic rings. The predicted octanol–water partition coefficient (Wildman–Crippen LogP) is 5.51. The summed E-state index contributed by atoms with van der Waals surface area (Å²) in [5.74, 6) is -0.210. The molecule has 180 valence electrons. The maximum absolute atomic E-state index is 13.1. The molecule has 5 rings (SSSR count). The van der Waals surface area contributed by atoms with Gasteiger partial charge in [-0.3, -0.25) is 19.7 Å². The summed E-state index contributed by atoms with van der Waals surface area (Å²) in [4.78, 5) is 38.0. The first-order valence-electron chi connectivity index (χ1n) is 11.7. The number of anilines is 2. The van der Waals surface area contributed by atoms with Crippen molar-refractivity contribution in [2.45, 2.75) is 19.8 Å². The lowest BCUT2D eigenvalue weighted by molar-refractivity contribution is -0.384. The highest BCUT2D eigenvalue weighted by molar-refractivity contribution is 6.37. The average molecular weight is 481 g/mol. The van der Waals surface area contributed by atoms with Crippen LogP contribution in [-0.2, 0) is 9.59 Å². The number of nitrogens with one attached hydrogen (secondary N) is 2. The van der Waals surface area contributed by atoms with Gasteiger partial charge in [0.1, 0.15) is 0 Å². The summed E-state index contributed by atoms with van der Waals surface area (Å²) in [6.07, 6.45) is 3.36. The molecule has 2 heterocycles. The molecule has 0 bridgehead atoms. The van der Waals surface area contributed by atoms with Crippen molar-refractivity contribution in [2.75, 3.05) is 17.2 Å². The summed E-state index contributed by atoms with van der Waals surface area (Å²) in [7, 11) is 0. The topological polar surface area (TPSA) is 105 Å². The van der Waals surface area contributed by atoms with E-state index in [4.69, 9.17) is 0 Å². The number of hydrogen-bond acceptors (Lipinski definition) is 5. The quantitative estimate of drug-likeness (QED) is 0.275. The number of rotatable bonds is 6. The van der Waals surface area contributed by atoms with Gasteiger partial charge in [0.05, 0.1) is 16.2 Å². The number of nitro benzene ring substituents is 1. The second kappa shape index (κ2) is 9.50. The van der Waals surface area contributed by atoms with E-state index in [0.29, 0.717) is 35.5 Å². The smallest absolute Gasteiger partial charge is 0.270 e. The maximum atomic E-state index is 13.1. The molecular weight excluding hydrogens is 456 g/mol. The van der Waals surface area contributed by atoms with Crippen LogP contribution in [0.1, 0.15) is 36.5 Å². The molecule has 0 unspecified atom stereocenters. The number of carbonyl (C=O) groups excluding carboxylic acids is 2. The highest BCUT2D eigenvalue weighted by Crippen LogP contribution is 2.39. The third-order valence-electron chi connectivity index (χ3n) is 6.36. The molecule has 0 saturated carbocycles. The lowest BCUT2D eigenvalue weighted by atomic mass is 9.99. The molecule has 2 aliphatic rings. The molecule has 1 saturated heterocycles. The van der Waals surface area contributed by atoms with Gasteiger partial charge in [-0.15, -0.1) is 0 Å². The van der Waals surface area contributed by atoms with E-state index in [9.17, 15) is 19.7 Å². The Hall–Kier alpha value is -4.72. The number of hydrogen-bond donors (Lipinski definition) is 2. The van der Waals surface area contributed by atoms with Gasteiger partial charge in [0.15, 0.2) is 0 Å². The van der Waals surface area contributed by atoms with Crippen LogP contribution in [0, 0.1) is 10.1 Å². The Balaban J connectivity index is 1.55. The number of non-ortho nitro benzene ring substituents is 1. The number of benzene rings is 3. The fourth-order valence-corrected chi connectivity index (χ4v) is 4.65. The predicted molar refractivity (Wildman–Crippen MR) is 140 cm³/mol. The minimum absolute atomic E-state index is 0.0881. The number of amides is 2. The van der Waals surface area contributed by atoms with Crippen molar-refractivity contribution in [2.24, 2.45) is 0 Å². The van der Waals surface area contributed by atoms with Crippen molar-refractivity contribution in [3.8, 4) is 0 Å². The summed E-state index contributed by atoms with van der Waals surface area (Å²) in [5.41, 5.74) is 5.09. The van der Waals surface area contributed by atoms with E-state index < -0.39 is 4.92 Å². The highest BCUT2D eigenvalue weighted by atomic mass is 16.6. The van der Waals surface area contributed by atoms with Crippen molar-refractivity contribution in [3.05, 3.63) is 106 Å². The molecule has 2 amide bonds. The average Bonchev–Trinajstić information content (AvgIpc) is 3.46. The Kier molecular flexibility index (Phi) is 6.08. The SMILES string of the molecule is C/C=C(\c1ccc(N/C(=C2\C(=O)Nc3ccc([N+](=O)[O-])cc32)c2ccccc2)cc1)N1CCCC1=O. The normalized spacial score (nSPS) is 16.6. The van der Waals surface area contributed by atoms with Crippen molar-refractivity contribution < 1.29 is 14.5 Å². The van der Waals surface area contributed by atoms with Crippen LogP contribution < -0.4 is 10.6 Å². The molecule has 1 fully saturated rings. The third-order valence-corrected chi connectivity index (χ3v) is 6.36. The Bertz CT molecular complexity index is 1430. The van der Waals surface area contributed by atoms with Gasteiger partial charge in [-0.2, -0.15) is 0 Å². The molecule has 0 radical (unpaired) electrons. The number of allylic oxidation sites excluding steroid dienone is 1. The van der Waals surface area contributed by atoms with Crippen LogP contribution in [-0.4, -0.2) is 28.2 Å². The van der Waals surface area contributed by atoms with Gasteiger partial charge < -0.3 is 15.5 Å². The maximum Gasteiger partial charge on any atom is 0.270 e. The standard InChI is InChI=1S/C28H24N4O4/c1-2-24(31-16-6-9-25(31)33)18-10-12-20(13-11-18)29-27(19-7-4-3-5-8-19)26-22-17-21(32(35)36)14-15-23(22)30-28(26)34/h2-5,7-8,10-15,17,29H,6,9,16H2,1H3,(H,30,34)/b24-2+,27-26-. The Morgan fingerprint density at radius 2 is 1.78 bits per heavy atom. The van der Waals surface area contributed by atoms with E-state index in [1.54, 1.807) is 6.07 Å². The zero-order valence-corrected chi connectivity index (χ0v) is 19.7. The summed E-state index contributed by atoms with van der Waals surface area (Å²) in [6.45, 7) is 2.63. The molecule has 8 nitrogen and oxygen atoms in total. The van der Waals surface area contributed by atoms with Crippen LogP contribution in [0.5, 0.6) is 0 Å². The third kappa shape index (κ3) is 4.24. The molecule has 2 N–H and O–H groups in total. The van der Waals surface area contributed by atoms with Crippen LogP contribution in [0.15, 0.2) is 78.9 Å². The molecule has 8 heteroatoms. The molecule has 0 atom stereocenters.